The number of unbranched alkanes of at least 4 members (excludes halogenated alkanes) is 3. The molecule has 2 N–H and O–H groups in total. The van der Waals surface area contributed by atoms with Crippen molar-refractivity contribution in [2.24, 2.45) is 0 Å². The molecular formula is C23H31N3O3. The van der Waals surface area contributed by atoms with Gasteiger partial charge in [0.25, 0.3) is 0 Å². The molecule has 0 saturated heterocycles. The lowest BCUT2D eigenvalue weighted by Gasteiger charge is -2.17. The lowest BCUT2D eigenvalue weighted by molar-refractivity contribution is -0.137. The fourth-order valence-corrected chi connectivity index (χ4v) is 3.91. The fourth-order valence-electron chi connectivity index (χ4n) is 3.91. The van der Waals surface area contributed by atoms with E-state index in [0.29, 0.717) is 5.88 Å². The summed E-state index contributed by atoms with van der Waals surface area (Å²) in [5, 5.41) is 12.6. The van der Waals surface area contributed by atoms with Gasteiger partial charge in [0.15, 0.2) is 0 Å². The average Bonchev–Trinajstić information content (AvgIpc) is 2.75. The van der Waals surface area contributed by atoms with Crippen molar-refractivity contribution in [1.29, 1.82) is 0 Å². The van der Waals surface area contributed by atoms with Gasteiger partial charge in [-0.05, 0) is 55.2 Å². The number of pyridine rings is 2. The van der Waals surface area contributed by atoms with Crippen LogP contribution in [-0.2, 0) is 17.6 Å². The predicted molar refractivity (Wildman–Crippen MR) is 114 cm³/mol. The normalized spacial score (nSPS) is 14.0. The highest BCUT2D eigenvalue weighted by Gasteiger charge is 2.16. The smallest absolute Gasteiger partial charge is 0.303 e. The molecule has 0 saturated carbocycles. The highest BCUT2D eigenvalue weighted by Crippen LogP contribution is 2.27. The van der Waals surface area contributed by atoms with E-state index in [1.807, 2.05) is 6.07 Å². The van der Waals surface area contributed by atoms with E-state index in [4.69, 9.17) is 9.72 Å². The molecule has 6 nitrogen and oxygen atoms in total. The van der Waals surface area contributed by atoms with Crippen LogP contribution in [0.2, 0.25) is 0 Å². The quantitative estimate of drug-likeness (QED) is 0.539. The molecule has 6 heteroatoms. The molecule has 0 radical (unpaired) electrons. The molecule has 3 rings (SSSR count). The predicted octanol–water partition coefficient (Wildman–Crippen LogP) is 4.59. The fraction of sp³-hybridized carbons (Fsp3) is 0.522. The summed E-state index contributed by atoms with van der Waals surface area (Å²) < 4.78 is 5.09. The minimum Gasteiger partial charge on any atom is -0.481 e. The van der Waals surface area contributed by atoms with E-state index in [1.165, 1.54) is 12.0 Å². The highest BCUT2D eigenvalue weighted by molar-refractivity contribution is 5.68. The Labute approximate surface area is 172 Å². The van der Waals surface area contributed by atoms with Crippen LogP contribution in [0.25, 0.3) is 0 Å². The topological polar surface area (TPSA) is 84.3 Å². The largest absolute Gasteiger partial charge is 0.481 e. The zero-order chi connectivity index (χ0) is 20.5. The summed E-state index contributed by atoms with van der Waals surface area (Å²) in [6.07, 6.45) is 10.4. The molecule has 1 aliphatic rings. The van der Waals surface area contributed by atoms with Crippen LogP contribution >= 0.6 is 0 Å². The van der Waals surface area contributed by atoms with Crippen LogP contribution in [0.5, 0.6) is 5.88 Å². The van der Waals surface area contributed by atoms with Crippen LogP contribution in [0.3, 0.4) is 0 Å². The molecule has 1 unspecified atom stereocenters. The lowest BCUT2D eigenvalue weighted by atomic mass is 9.91. The van der Waals surface area contributed by atoms with Gasteiger partial charge < -0.3 is 15.2 Å². The van der Waals surface area contributed by atoms with E-state index in [2.05, 4.69) is 22.4 Å². The number of rotatable bonds is 11. The number of anilines is 1. The molecule has 3 heterocycles. The molecule has 0 spiro atoms. The highest BCUT2D eigenvalue weighted by atomic mass is 16.5. The van der Waals surface area contributed by atoms with Crippen LogP contribution in [0.15, 0.2) is 30.5 Å². The number of carboxylic acid groups (broad SMARTS) is 1. The third-order valence-corrected chi connectivity index (χ3v) is 5.55. The van der Waals surface area contributed by atoms with Crippen molar-refractivity contribution in [3.8, 4) is 5.88 Å². The Kier molecular flexibility index (Phi) is 7.85. The Morgan fingerprint density at radius 1 is 1.21 bits per heavy atom. The SMILES string of the molecule is COc1ccc(C(CCCCCCc2ccc3c(n2)NCCC3)CC(=O)O)cn1. The van der Waals surface area contributed by atoms with Crippen molar-refractivity contribution in [2.75, 3.05) is 19.0 Å². The molecular weight excluding hydrogens is 366 g/mol. The summed E-state index contributed by atoms with van der Waals surface area (Å²) in [5.41, 5.74) is 3.46. The number of nitrogens with one attached hydrogen (secondary N) is 1. The molecule has 0 aromatic carbocycles. The number of aromatic nitrogens is 2. The molecule has 1 aliphatic heterocycles. The Morgan fingerprint density at radius 2 is 2.07 bits per heavy atom. The van der Waals surface area contributed by atoms with Gasteiger partial charge >= 0.3 is 5.97 Å². The van der Waals surface area contributed by atoms with Crippen LogP contribution in [0.1, 0.15) is 67.7 Å². The molecule has 0 fully saturated rings. The zero-order valence-electron chi connectivity index (χ0n) is 17.2. The van der Waals surface area contributed by atoms with Crippen molar-refractivity contribution in [1.82, 2.24) is 9.97 Å². The monoisotopic (exact) mass is 397 g/mol. The van der Waals surface area contributed by atoms with Crippen molar-refractivity contribution in [3.63, 3.8) is 0 Å². The molecule has 0 aliphatic carbocycles. The van der Waals surface area contributed by atoms with Gasteiger partial charge in [-0.1, -0.05) is 31.4 Å². The Balaban J connectivity index is 1.41. The molecule has 2 aromatic rings. The minimum atomic E-state index is -0.766. The Bertz CT molecular complexity index is 792. The number of ether oxygens (including phenoxy) is 1. The first-order valence-corrected chi connectivity index (χ1v) is 10.6. The molecule has 2 aromatic heterocycles. The number of hydrogen-bond donors (Lipinski definition) is 2. The lowest BCUT2D eigenvalue weighted by Crippen LogP contribution is -2.13. The third-order valence-electron chi connectivity index (χ3n) is 5.55. The van der Waals surface area contributed by atoms with Gasteiger partial charge in [-0.2, -0.15) is 0 Å². The third kappa shape index (κ3) is 6.44. The van der Waals surface area contributed by atoms with Crippen molar-refractivity contribution < 1.29 is 14.6 Å². The van der Waals surface area contributed by atoms with E-state index < -0.39 is 5.97 Å². The number of carbonyl (C=O) groups is 1. The molecule has 1 atom stereocenters. The van der Waals surface area contributed by atoms with Crippen molar-refractivity contribution in [3.05, 3.63) is 47.3 Å². The number of fused-ring (bicyclic) bond motifs is 1. The minimum absolute atomic E-state index is 0.000655. The summed E-state index contributed by atoms with van der Waals surface area (Å²) in [4.78, 5) is 20.2. The summed E-state index contributed by atoms with van der Waals surface area (Å²) in [6, 6.07) is 8.09. The van der Waals surface area contributed by atoms with E-state index in [-0.39, 0.29) is 12.3 Å². The standard InChI is InChI=1S/C23H31N3O3/c1-29-21-13-11-19(16-25-21)18(15-22(27)28)7-4-2-3-5-9-20-12-10-17-8-6-14-24-23(17)26-20/h10-13,16,18H,2-9,14-15H2,1H3,(H,24,26)(H,27,28). The van der Waals surface area contributed by atoms with Gasteiger partial charge in [-0.25, -0.2) is 9.97 Å². The van der Waals surface area contributed by atoms with E-state index in [9.17, 15) is 9.90 Å². The number of aliphatic carboxylic acids is 1. The van der Waals surface area contributed by atoms with E-state index in [1.54, 1.807) is 19.4 Å². The first-order valence-electron chi connectivity index (χ1n) is 10.6. The zero-order valence-corrected chi connectivity index (χ0v) is 17.2. The molecule has 0 amide bonds. The Hall–Kier alpha value is -2.63. The van der Waals surface area contributed by atoms with E-state index >= 15 is 0 Å². The maximum Gasteiger partial charge on any atom is 0.303 e. The second-order valence-electron chi connectivity index (χ2n) is 7.72. The van der Waals surface area contributed by atoms with Crippen LogP contribution < -0.4 is 10.1 Å². The van der Waals surface area contributed by atoms with Gasteiger partial charge in [0.2, 0.25) is 5.88 Å². The summed E-state index contributed by atoms with van der Waals surface area (Å²) in [7, 11) is 1.58. The number of hydrogen-bond acceptors (Lipinski definition) is 5. The number of methoxy groups -OCH3 is 1. The number of carboxylic acids is 1. The van der Waals surface area contributed by atoms with Crippen LogP contribution in [0, 0.1) is 0 Å². The van der Waals surface area contributed by atoms with Crippen molar-refractivity contribution >= 4 is 11.8 Å². The average molecular weight is 398 g/mol. The van der Waals surface area contributed by atoms with Gasteiger partial charge in [-0.15, -0.1) is 0 Å². The molecule has 29 heavy (non-hydrogen) atoms. The molecule has 156 valence electrons. The van der Waals surface area contributed by atoms with Crippen LogP contribution in [0.4, 0.5) is 5.82 Å². The Morgan fingerprint density at radius 3 is 2.83 bits per heavy atom. The summed E-state index contributed by atoms with van der Waals surface area (Å²) in [6.45, 7) is 1.02. The maximum atomic E-state index is 11.2. The second-order valence-corrected chi connectivity index (χ2v) is 7.72. The van der Waals surface area contributed by atoms with E-state index in [0.717, 1.165) is 68.6 Å². The van der Waals surface area contributed by atoms with Gasteiger partial charge in [0.1, 0.15) is 5.82 Å². The summed E-state index contributed by atoms with van der Waals surface area (Å²) in [5.74, 6) is 0.851. The number of nitrogens with zero attached hydrogens (tertiary/aromatic N) is 2. The van der Waals surface area contributed by atoms with Crippen molar-refractivity contribution in [2.45, 2.75) is 63.7 Å². The second kappa shape index (κ2) is 10.8. The number of aryl methyl sites for hydroxylation is 2. The van der Waals surface area contributed by atoms with Crippen LogP contribution in [-0.4, -0.2) is 34.7 Å². The molecule has 0 bridgehead atoms. The van der Waals surface area contributed by atoms with Gasteiger partial charge in [-0.3, -0.25) is 4.79 Å². The van der Waals surface area contributed by atoms with Gasteiger partial charge in [0.05, 0.1) is 13.5 Å². The summed E-state index contributed by atoms with van der Waals surface area (Å²) >= 11 is 0. The first-order chi connectivity index (χ1) is 14.2. The van der Waals surface area contributed by atoms with Gasteiger partial charge in [0, 0.05) is 24.5 Å². The maximum absolute atomic E-state index is 11.2. The first kappa shape index (κ1) is 21.1.